The summed E-state index contributed by atoms with van der Waals surface area (Å²) in [6.45, 7) is 8.75. The molecule has 1 heterocycles. The van der Waals surface area contributed by atoms with Gasteiger partial charge in [0.05, 0.1) is 17.8 Å². The van der Waals surface area contributed by atoms with Gasteiger partial charge in [-0.1, -0.05) is 6.92 Å². The lowest BCUT2D eigenvalue weighted by molar-refractivity contribution is -0.124. The van der Waals surface area contributed by atoms with Crippen LogP contribution in [0.4, 0.5) is 0 Å². The van der Waals surface area contributed by atoms with E-state index < -0.39 is 5.54 Å². The maximum atomic E-state index is 11.6. The summed E-state index contributed by atoms with van der Waals surface area (Å²) in [5, 5.41) is 7.51. The number of rotatable bonds is 7. The Kier molecular flexibility index (Phi) is 4.90. The summed E-state index contributed by atoms with van der Waals surface area (Å²) in [6, 6.07) is 0.126. The van der Waals surface area contributed by atoms with Crippen molar-refractivity contribution in [1.82, 2.24) is 15.1 Å². The maximum absolute atomic E-state index is 11.6. The summed E-state index contributed by atoms with van der Waals surface area (Å²) >= 11 is 0. The van der Waals surface area contributed by atoms with E-state index in [-0.39, 0.29) is 11.9 Å². The van der Waals surface area contributed by atoms with Crippen molar-refractivity contribution in [2.24, 2.45) is 5.73 Å². The summed E-state index contributed by atoms with van der Waals surface area (Å²) in [5.74, 6) is -0.313. The zero-order valence-electron chi connectivity index (χ0n) is 11.7. The smallest absolute Gasteiger partial charge is 0.237 e. The Balaban J connectivity index is 2.74. The quantitative estimate of drug-likeness (QED) is 0.770. The molecule has 0 aromatic carbocycles. The van der Waals surface area contributed by atoms with Gasteiger partial charge in [-0.3, -0.25) is 9.48 Å². The molecule has 0 spiro atoms. The van der Waals surface area contributed by atoms with Crippen molar-refractivity contribution in [3.05, 3.63) is 18.0 Å². The summed E-state index contributed by atoms with van der Waals surface area (Å²) in [6.07, 6.45) is 5.39. The van der Waals surface area contributed by atoms with Gasteiger partial charge in [0.2, 0.25) is 5.91 Å². The molecule has 5 heteroatoms. The van der Waals surface area contributed by atoms with Crippen molar-refractivity contribution in [1.29, 1.82) is 0 Å². The van der Waals surface area contributed by atoms with Crippen LogP contribution in [0.2, 0.25) is 0 Å². The van der Waals surface area contributed by atoms with Crippen LogP contribution in [0.1, 0.15) is 45.2 Å². The molecule has 0 saturated carbocycles. The molecule has 102 valence electrons. The Labute approximate surface area is 109 Å². The molecular weight excluding hydrogens is 228 g/mol. The monoisotopic (exact) mass is 252 g/mol. The van der Waals surface area contributed by atoms with Crippen LogP contribution in [0.5, 0.6) is 0 Å². The van der Waals surface area contributed by atoms with Gasteiger partial charge in [-0.2, -0.15) is 5.10 Å². The minimum atomic E-state index is -0.685. The van der Waals surface area contributed by atoms with E-state index in [1.165, 1.54) is 0 Å². The van der Waals surface area contributed by atoms with Crippen molar-refractivity contribution in [2.45, 2.75) is 52.1 Å². The van der Waals surface area contributed by atoms with Gasteiger partial charge in [-0.25, -0.2) is 0 Å². The Hall–Kier alpha value is -1.36. The third-order valence-corrected chi connectivity index (χ3v) is 3.19. The van der Waals surface area contributed by atoms with Gasteiger partial charge >= 0.3 is 0 Å². The molecule has 1 rings (SSSR count). The van der Waals surface area contributed by atoms with E-state index >= 15 is 0 Å². The number of carbonyl (C=O) groups excluding carboxylic acids is 1. The van der Waals surface area contributed by atoms with Crippen LogP contribution in [0, 0.1) is 6.92 Å². The second-order valence-electron chi connectivity index (χ2n) is 5.17. The lowest BCUT2D eigenvalue weighted by atomic mass is 9.92. The van der Waals surface area contributed by atoms with Gasteiger partial charge in [-0.15, -0.1) is 0 Å². The van der Waals surface area contributed by atoms with Gasteiger partial charge in [0.1, 0.15) is 0 Å². The normalized spacial score (nSPS) is 16.2. The molecule has 1 aromatic rings. The molecule has 5 nitrogen and oxygen atoms in total. The molecule has 0 aliphatic rings. The van der Waals surface area contributed by atoms with Gasteiger partial charge in [0.25, 0.3) is 0 Å². The molecule has 1 aromatic heterocycles. The molecule has 1 amide bonds. The molecule has 0 aliphatic carbocycles. The second kappa shape index (κ2) is 6.00. The van der Waals surface area contributed by atoms with E-state index in [1.54, 1.807) is 0 Å². The number of nitrogens with two attached hydrogens (primary N) is 1. The van der Waals surface area contributed by atoms with E-state index in [1.807, 2.05) is 37.8 Å². The van der Waals surface area contributed by atoms with E-state index in [9.17, 15) is 4.79 Å². The fraction of sp³-hybridized carbons (Fsp3) is 0.692. The first-order valence-corrected chi connectivity index (χ1v) is 6.44. The lowest BCUT2D eigenvalue weighted by Crippen LogP contribution is -2.54. The van der Waals surface area contributed by atoms with E-state index in [0.717, 1.165) is 18.5 Å². The van der Waals surface area contributed by atoms with E-state index in [2.05, 4.69) is 17.3 Å². The predicted molar refractivity (Wildman–Crippen MR) is 72.2 cm³/mol. The van der Waals surface area contributed by atoms with Crippen molar-refractivity contribution in [2.75, 3.05) is 6.54 Å². The number of aryl methyl sites for hydroxylation is 1. The summed E-state index contributed by atoms with van der Waals surface area (Å²) in [4.78, 5) is 11.6. The second-order valence-corrected chi connectivity index (χ2v) is 5.17. The zero-order chi connectivity index (χ0) is 13.8. The first-order valence-electron chi connectivity index (χ1n) is 6.44. The highest BCUT2D eigenvalue weighted by atomic mass is 16.1. The fourth-order valence-electron chi connectivity index (χ4n) is 2.02. The third kappa shape index (κ3) is 3.57. The number of primary amides is 1. The predicted octanol–water partition coefficient (Wildman–Crippen LogP) is 1.39. The van der Waals surface area contributed by atoms with Gasteiger partial charge in [-0.05, 0) is 45.7 Å². The molecule has 0 bridgehead atoms. The largest absolute Gasteiger partial charge is 0.368 e. The minimum absolute atomic E-state index is 0.126. The van der Waals surface area contributed by atoms with Crippen LogP contribution in [0.3, 0.4) is 0 Å². The molecule has 2 unspecified atom stereocenters. The van der Waals surface area contributed by atoms with Crippen LogP contribution < -0.4 is 11.1 Å². The Morgan fingerprint density at radius 3 is 2.78 bits per heavy atom. The van der Waals surface area contributed by atoms with Crippen LogP contribution in [0.15, 0.2) is 12.4 Å². The van der Waals surface area contributed by atoms with Crippen LogP contribution >= 0.6 is 0 Å². The lowest BCUT2D eigenvalue weighted by Gasteiger charge is -2.30. The van der Waals surface area contributed by atoms with Gasteiger partial charge in [0.15, 0.2) is 0 Å². The maximum Gasteiger partial charge on any atom is 0.237 e. The van der Waals surface area contributed by atoms with Crippen molar-refractivity contribution in [3.8, 4) is 0 Å². The number of amides is 1. The number of nitrogens with one attached hydrogen (secondary N) is 1. The number of aromatic nitrogens is 2. The molecule has 2 atom stereocenters. The summed E-state index contributed by atoms with van der Waals surface area (Å²) in [5.41, 5.74) is 5.94. The number of hydrogen-bond acceptors (Lipinski definition) is 3. The highest BCUT2D eigenvalue weighted by molar-refractivity contribution is 5.84. The Morgan fingerprint density at radius 2 is 2.33 bits per heavy atom. The summed E-state index contributed by atoms with van der Waals surface area (Å²) < 4.78 is 1.88. The van der Waals surface area contributed by atoms with Crippen LogP contribution in [-0.2, 0) is 4.79 Å². The average molecular weight is 252 g/mol. The summed E-state index contributed by atoms with van der Waals surface area (Å²) in [7, 11) is 0. The number of carbonyl (C=O) groups is 1. The SMILES string of the molecule is CCCNC(C)(CC(C)n1cc(C)cn1)C(N)=O. The third-order valence-electron chi connectivity index (χ3n) is 3.19. The van der Waals surface area contributed by atoms with E-state index in [4.69, 9.17) is 5.73 Å². The minimum Gasteiger partial charge on any atom is -0.368 e. The fourth-order valence-corrected chi connectivity index (χ4v) is 2.02. The van der Waals surface area contributed by atoms with Crippen LogP contribution in [0.25, 0.3) is 0 Å². The van der Waals surface area contributed by atoms with Crippen molar-refractivity contribution >= 4 is 5.91 Å². The van der Waals surface area contributed by atoms with Gasteiger partial charge < -0.3 is 11.1 Å². The average Bonchev–Trinajstić information content (AvgIpc) is 2.73. The van der Waals surface area contributed by atoms with Crippen molar-refractivity contribution < 1.29 is 4.79 Å². The molecule has 0 fully saturated rings. The first kappa shape index (κ1) is 14.7. The molecule has 0 saturated heterocycles. The van der Waals surface area contributed by atoms with E-state index in [0.29, 0.717) is 6.42 Å². The first-order chi connectivity index (χ1) is 8.39. The van der Waals surface area contributed by atoms with Gasteiger partial charge in [0, 0.05) is 6.20 Å². The molecule has 3 N–H and O–H groups in total. The molecule has 18 heavy (non-hydrogen) atoms. The molecular formula is C13H24N4O. The molecule has 0 aliphatic heterocycles. The Bertz CT molecular complexity index is 401. The number of hydrogen-bond donors (Lipinski definition) is 2. The molecule has 0 radical (unpaired) electrons. The van der Waals surface area contributed by atoms with Crippen molar-refractivity contribution in [3.63, 3.8) is 0 Å². The highest BCUT2D eigenvalue weighted by Gasteiger charge is 2.32. The van der Waals surface area contributed by atoms with Crippen LogP contribution in [-0.4, -0.2) is 27.8 Å². The Morgan fingerprint density at radius 1 is 1.67 bits per heavy atom. The topological polar surface area (TPSA) is 72.9 Å². The highest BCUT2D eigenvalue weighted by Crippen LogP contribution is 2.20. The number of nitrogens with zero attached hydrogens (tertiary/aromatic N) is 2. The zero-order valence-corrected chi connectivity index (χ0v) is 11.7. The standard InChI is InChI=1S/C13H24N4O/c1-5-6-15-13(4,12(14)18)7-11(3)17-9-10(2)8-16-17/h8-9,11,15H,5-7H2,1-4H3,(H2,14,18).